The van der Waals surface area contributed by atoms with Gasteiger partial charge < -0.3 is 4.89 Å². The number of hydrogen-bond donors (Lipinski definition) is 1. The molecule has 20 heavy (non-hydrogen) atoms. The first-order chi connectivity index (χ1) is 8.96. The van der Waals surface area contributed by atoms with Crippen LogP contribution in [0.15, 0.2) is 0 Å². The third kappa shape index (κ3) is 9.35. The zero-order valence-electron chi connectivity index (χ0n) is 14.5. The van der Waals surface area contributed by atoms with E-state index in [1.54, 1.807) is 0 Å². The molecular weight excluding hydrogens is 252 g/mol. The third-order valence-corrected chi connectivity index (χ3v) is 3.71. The Morgan fingerprint density at radius 2 is 1.60 bits per heavy atom. The summed E-state index contributed by atoms with van der Waals surface area (Å²) in [5.74, 6) is -0.444. The fraction of sp³-hybridized carbons (Fsp3) is 0.941. The first kappa shape index (κ1) is 19.4. The number of rotatable bonds is 7. The third-order valence-electron chi connectivity index (χ3n) is 3.71. The predicted octanol–water partition coefficient (Wildman–Crippen LogP) is 5.30. The van der Waals surface area contributed by atoms with Crippen molar-refractivity contribution in [2.24, 2.45) is 22.7 Å². The Kier molecular flexibility index (Phi) is 7.79. The maximum atomic E-state index is 11.8. The van der Waals surface area contributed by atoms with Gasteiger partial charge in [0, 0.05) is 0 Å². The maximum Gasteiger partial charge on any atom is 0.345 e. The van der Waals surface area contributed by atoms with E-state index in [2.05, 4.69) is 53.4 Å². The van der Waals surface area contributed by atoms with Crippen LogP contribution in [0.5, 0.6) is 0 Å². The van der Waals surface area contributed by atoms with Gasteiger partial charge in [0.25, 0.3) is 0 Å². The summed E-state index contributed by atoms with van der Waals surface area (Å²) in [5, 5.41) is 8.69. The molecule has 0 heterocycles. The lowest BCUT2D eigenvalue weighted by molar-refractivity contribution is -0.241. The molecule has 3 heteroatoms. The molecular formula is C17H34O3. The molecule has 0 aromatic heterocycles. The second kappa shape index (κ2) is 8.02. The molecule has 0 aliphatic rings. The molecule has 2 unspecified atom stereocenters. The summed E-state index contributed by atoms with van der Waals surface area (Å²) in [6.45, 7) is 15.3. The van der Waals surface area contributed by atoms with Gasteiger partial charge in [0.2, 0.25) is 0 Å². The number of carbonyl (C=O) groups is 1. The van der Waals surface area contributed by atoms with Crippen LogP contribution < -0.4 is 0 Å². The summed E-state index contributed by atoms with van der Waals surface area (Å²) in [5.41, 5.74) is 0.517. The quantitative estimate of drug-likeness (QED) is 0.392. The van der Waals surface area contributed by atoms with Crippen LogP contribution in [0.1, 0.15) is 80.6 Å². The van der Waals surface area contributed by atoms with E-state index in [-0.39, 0.29) is 17.3 Å². The first-order valence-corrected chi connectivity index (χ1v) is 7.81. The highest BCUT2D eigenvalue weighted by Crippen LogP contribution is 2.32. The summed E-state index contributed by atoms with van der Waals surface area (Å²) in [4.78, 5) is 15.8. The predicted molar refractivity (Wildman–Crippen MR) is 83.4 cm³/mol. The Labute approximate surface area is 125 Å². The van der Waals surface area contributed by atoms with Gasteiger partial charge in [-0.05, 0) is 36.0 Å². The summed E-state index contributed by atoms with van der Waals surface area (Å²) in [7, 11) is 0. The number of hydrogen-bond acceptors (Lipinski definition) is 3. The van der Waals surface area contributed by atoms with Crippen LogP contribution in [-0.4, -0.2) is 11.2 Å². The van der Waals surface area contributed by atoms with Crippen LogP contribution in [0.4, 0.5) is 0 Å². The van der Waals surface area contributed by atoms with Crippen LogP contribution in [0, 0.1) is 22.7 Å². The van der Waals surface area contributed by atoms with Crippen molar-refractivity contribution in [3.8, 4) is 0 Å². The van der Waals surface area contributed by atoms with Crippen molar-refractivity contribution in [3.05, 3.63) is 0 Å². The van der Waals surface area contributed by atoms with E-state index in [0.717, 1.165) is 32.1 Å². The molecule has 0 aliphatic carbocycles. The van der Waals surface area contributed by atoms with Gasteiger partial charge in [0.1, 0.15) is 0 Å². The van der Waals surface area contributed by atoms with Gasteiger partial charge in [0.05, 0.1) is 5.92 Å². The molecule has 0 amide bonds. The molecule has 2 atom stereocenters. The Morgan fingerprint density at radius 1 is 1.05 bits per heavy atom. The molecule has 0 bridgehead atoms. The highest BCUT2D eigenvalue weighted by molar-refractivity contribution is 5.71. The van der Waals surface area contributed by atoms with Crippen LogP contribution in [0.25, 0.3) is 0 Å². The molecule has 0 aliphatic heterocycles. The summed E-state index contributed by atoms with van der Waals surface area (Å²) >= 11 is 0. The molecule has 0 saturated heterocycles. The molecule has 0 saturated carbocycles. The average molecular weight is 286 g/mol. The van der Waals surface area contributed by atoms with Gasteiger partial charge in [-0.3, -0.25) is 0 Å². The molecule has 0 fully saturated rings. The normalized spacial score (nSPS) is 15.8. The van der Waals surface area contributed by atoms with E-state index >= 15 is 0 Å². The van der Waals surface area contributed by atoms with Crippen molar-refractivity contribution >= 4 is 5.97 Å². The van der Waals surface area contributed by atoms with Crippen LogP contribution >= 0.6 is 0 Å². The maximum absolute atomic E-state index is 11.8. The van der Waals surface area contributed by atoms with Crippen LogP contribution in [-0.2, 0) is 9.68 Å². The minimum absolute atomic E-state index is 0.179. The SMILES string of the molecule is CC(CC(C)(C)C)C(CCCCC(C)(C)C)C(=O)OO. The van der Waals surface area contributed by atoms with Crippen molar-refractivity contribution < 1.29 is 14.9 Å². The van der Waals surface area contributed by atoms with Crippen molar-refractivity contribution in [1.29, 1.82) is 0 Å². The molecule has 1 N–H and O–H groups in total. The standard InChI is InChI=1S/C17H34O3/c1-13(12-17(5,6)7)14(15(18)20-19)10-8-9-11-16(2,3)4/h13-14,19H,8-12H2,1-7H3. The van der Waals surface area contributed by atoms with E-state index in [9.17, 15) is 4.79 Å². The topological polar surface area (TPSA) is 46.5 Å². The molecule has 120 valence electrons. The van der Waals surface area contributed by atoms with Gasteiger partial charge in [-0.25, -0.2) is 4.79 Å². The smallest absolute Gasteiger partial charge is 0.301 e. The van der Waals surface area contributed by atoms with Crippen molar-refractivity contribution in [2.75, 3.05) is 0 Å². The number of carbonyl (C=O) groups excluding carboxylic acids is 1. The zero-order chi connectivity index (χ0) is 16.0. The summed E-state index contributed by atoms with van der Waals surface area (Å²) in [6, 6.07) is 0. The first-order valence-electron chi connectivity index (χ1n) is 7.81. The van der Waals surface area contributed by atoms with Gasteiger partial charge in [-0.2, -0.15) is 5.26 Å². The fourth-order valence-electron chi connectivity index (χ4n) is 2.83. The second-order valence-corrected chi connectivity index (χ2v) is 8.57. The average Bonchev–Trinajstić information content (AvgIpc) is 2.24. The second-order valence-electron chi connectivity index (χ2n) is 8.57. The molecule has 0 aromatic rings. The van der Waals surface area contributed by atoms with Gasteiger partial charge >= 0.3 is 5.97 Å². The minimum atomic E-state index is -0.475. The highest BCUT2D eigenvalue weighted by Gasteiger charge is 2.29. The van der Waals surface area contributed by atoms with E-state index < -0.39 is 5.97 Å². The van der Waals surface area contributed by atoms with Gasteiger partial charge in [-0.15, -0.1) is 0 Å². The van der Waals surface area contributed by atoms with Crippen LogP contribution in [0.3, 0.4) is 0 Å². The van der Waals surface area contributed by atoms with E-state index in [4.69, 9.17) is 5.26 Å². The molecule has 0 radical (unpaired) electrons. The van der Waals surface area contributed by atoms with E-state index in [0.29, 0.717) is 5.41 Å². The fourth-order valence-corrected chi connectivity index (χ4v) is 2.83. The van der Waals surface area contributed by atoms with Crippen molar-refractivity contribution in [3.63, 3.8) is 0 Å². The Hall–Kier alpha value is -0.570. The Bertz CT molecular complexity index is 284. The molecule has 0 rings (SSSR count). The van der Waals surface area contributed by atoms with Crippen molar-refractivity contribution in [2.45, 2.75) is 80.6 Å². The molecule has 0 spiro atoms. The highest BCUT2D eigenvalue weighted by atomic mass is 17.1. The number of unbranched alkanes of at least 4 members (excludes halogenated alkanes) is 1. The van der Waals surface area contributed by atoms with E-state index in [1.165, 1.54) is 0 Å². The minimum Gasteiger partial charge on any atom is -0.301 e. The molecule has 3 nitrogen and oxygen atoms in total. The lowest BCUT2D eigenvalue weighted by Gasteiger charge is -2.28. The largest absolute Gasteiger partial charge is 0.345 e. The lowest BCUT2D eigenvalue weighted by Crippen LogP contribution is -2.26. The van der Waals surface area contributed by atoms with Gasteiger partial charge in [-0.1, -0.05) is 61.3 Å². The Balaban J connectivity index is 4.40. The monoisotopic (exact) mass is 286 g/mol. The molecule has 0 aromatic carbocycles. The summed E-state index contributed by atoms with van der Waals surface area (Å²) in [6.07, 6.45) is 5.02. The van der Waals surface area contributed by atoms with Crippen molar-refractivity contribution in [1.82, 2.24) is 0 Å². The Morgan fingerprint density at radius 3 is 2.00 bits per heavy atom. The zero-order valence-corrected chi connectivity index (χ0v) is 14.5. The van der Waals surface area contributed by atoms with Crippen LogP contribution in [0.2, 0.25) is 0 Å². The van der Waals surface area contributed by atoms with E-state index in [1.807, 2.05) is 0 Å². The lowest BCUT2D eigenvalue weighted by atomic mass is 9.77. The summed E-state index contributed by atoms with van der Waals surface area (Å²) < 4.78 is 0. The van der Waals surface area contributed by atoms with Gasteiger partial charge in [0.15, 0.2) is 0 Å².